The molecule has 0 amide bonds. The molecule has 26 heavy (non-hydrogen) atoms. The van der Waals surface area contributed by atoms with Gasteiger partial charge in [0.15, 0.2) is 0 Å². The Morgan fingerprint density at radius 2 is 2.00 bits per heavy atom. The van der Waals surface area contributed by atoms with Gasteiger partial charge in [-0.05, 0) is 48.9 Å². The van der Waals surface area contributed by atoms with Crippen molar-refractivity contribution in [2.75, 3.05) is 6.61 Å². The summed E-state index contributed by atoms with van der Waals surface area (Å²) < 4.78 is 5.88. The third kappa shape index (κ3) is 2.23. The molecule has 0 saturated heterocycles. The van der Waals surface area contributed by atoms with Crippen LogP contribution >= 0.6 is 0 Å². The predicted molar refractivity (Wildman–Crippen MR) is 98.2 cm³/mol. The predicted octanol–water partition coefficient (Wildman–Crippen LogP) is 3.67. The molecule has 4 aliphatic rings. The molecule has 0 radical (unpaired) electrons. The van der Waals surface area contributed by atoms with Crippen molar-refractivity contribution in [2.45, 2.75) is 72.3 Å². The van der Waals surface area contributed by atoms with Gasteiger partial charge in [0.25, 0.3) is 0 Å². The average Bonchev–Trinajstić information content (AvgIpc) is 2.82. The molecule has 4 rings (SSSR count). The number of rotatable bonds is 2. The fourth-order valence-electron chi connectivity index (χ4n) is 7.66. The molecule has 4 nitrogen and oxygen atoms in total. The second-order valence-electron chi connectivity index (χ2n) is 10.3. The molecule has 4 heteroatoms. The van der Waals surface area contributed by atoms with Gasteiger partial charge in [-0.1, -0.05) is 32.9 Å². The zero-order chi connectivity index (χ0) is 19.0. The zero-order valence-electron chi connectivity index (χ0n) is 16.5. The van der Waals surface area contributed by atoms with Gasteiger partial charge in [0.1, 0.15) is 11.9 Å². The molecule has 0 aromatic rings. The smallest absolute Gasteiger partial charge is 0.302 e. The third-order valence-corrected chi connectivity index (χ3v) is 8.55. The standard InChI is InChI=1S/C22H32O4/c1-14(24)26-15-11-22-10-9-21(12-22,13-23)8-5-16(22)20(4)7-6-17(25)19(2,3)18(15)20/h9-10,15-16,18,23H,5-8,11-13H2,1-4H3/t15-,16+,18-,20+,21-,22+/m1/s1. The minimum Gasteiger partial charge on any atom is -0.462 e. The van der Waals surface area contributed by atoms with Gasteiger partial charge in [-0.3, -0.25) is 9.59 Å². The first-order chi connectivity index (χ1) is 12.1. The van der Waals surface area contributed by atoms with Crippen LogP contribution < -0.4 is 0 Å². The molecule has 4 aliphatic carbocycles. The summed E-state index contributed by atoms with van der Waals surface area (Å²) in [4.78, 5) is 24.7. The molecule has 1 spiro atoms. The van der Waals surface area contributed by atoms with Crippen LogP contribution in [0, 0.1) is 33.5 Å². The number of ether oxygens (including phenoxy) is 1. The van der Waals surface area contributed by atoms with Crippen LogP contribution in [0.3, 0.4) is 0 Å². The van der Waals surface area contributed by atoms with Crippen LogP contribution in [-0.4, -0.2) is 29.6 Å². The summed E-state index contributed by atoms with van der Waals surface area (Å²) in [6, 6.07) is 0. The zero-order valence-corrected chi connectivity index (χ0v) is 16.5. The van der Waals surface area contributed by atoms with E-state index in [-0.39, 0.29) is 40.8 Å². The van der Waals surface area contributed by atoms with Crippen LogP contribution in [0.5, 0.6) is 0 Å². The Morgan fingerprint density at radius 3 is 2.65 bits per heavy atom. The molecule has 3 fully saturated rings. The number of allylic oxidation sites excluding steroid dienone is 1. The summed E-state index contributed by atoms with van der Waals surface area (Å²) in [6.07, 6.45) is 9.67. The van der Waals surface area contributed by atoms with Crippen molar-refractivity contribution in [3.63, 3.8) is 0 Å². The number of fused-ring (bicyclic) bond motifs is 3. The SMILES string of the molecule is CC(=O)O[C@@H]1C[C@]23C=C[C@](CO)(CC[C@H]2[C@]2(C)CCC(=O)C(C)(C)[C@@H]12)C3. The Kier molecular flexibility index (Phi) is 3.81. The number of carbonyl (C=O) groups is 2. The monoisotopic (exact) mass is 360 g/mol. The van der Waals surface area contributed by atoms with Crippen LogP contribution in [0.1, 0.15) is 66.2 Å². The molecule has 1 N–H and O–H groups in total. The second kappa shape index (κ2) is 5.43. The van der Waals surface area contributed by atoms with E-state index in [4.69, 9.17) is 4.74 Å². The fraction of sp³-hybridized carbons (Fsp3) is 0.818. The number of hydrogen-bond donors (Lipinski definition) is 1. The lowest BCUT2D eigenvalue weighted by Gasteiger charge is -2.65. The van der Waals surface area contributed by atoms with Crippen molar-refractivity contribution in [2.24, 2.45) is 33.5 Å². The van der Waals surface area contributed by atoms with Gasteiger partial charge in [-0.2, -0.15) is 0 Å². The number of aliphatic hydroxyl groups is 1. The molecule has 2 bridgehead atoms. The maximum atomic E-state index is 12.8. The summed E-state index contributed by atoms with van der Waals surface area (Å²) in [7, 11) is 0. The van der Waals surface area contributed by atoms with Crippen molar-refractivity contribution in [3.8, 4) is 0 Å². The molecule has 0 aliphatic heterocycles. The molecule has 0 aromatic heterocycles. The van der Waals surface area contributed by atoms with E-state index in [1.165, 1.54) is 6.92 Å². The second-order valence-corrected chi connectivity index (χ2v) is 10.3. The van der Waals surface area contributed by atoms with Crippen molar-refractivity contribution in [3.05, 3.63) is 12.2 Å². The van der Waals surface area contributed by atoms with Gasteiger partial charge in [-0.15, -0.1) is 0 Å². The molecule has 144 valence electrons. The Hall–Kier alpha value is -1.16. The number of esters is 1. The summed E-state index contributed by atoms with van der Waals surface area (Å²) in [5.74, 6) is 0.590. The number of hydrogen-bond acceptors (Lipinski definition) is 4. The highest BCUT2D eigenvalue weighted by Gasteiger charge is 2.68. The van der Waals surface area contributed by atoms with Gasteiger partial charge < -0.3 is 9.84 Å². The van der Waals surface area contributed by atoms with Gasteiger partial charge in [0.2, 0.25) is 0 Å². The van der Waals surface area contributed by atoms with Crippen LogP contribution in [0.4, 0.5) is 0 Å². The van der Waals surface area contributed by atoms with Crippen LogP contribution in [0.15, 0.2) is 12.2 Å². The maximum absolute atomic E-state index is 12.8. The van der Waals surface area contributed by atoms with Crippen LogP contribution in [0.25, 0.3) is 0 Å². The lowest BCUT2D eigenvalue weighted by molar-refractivity contribution is -0.209. The van der Waals surface area contributed by atoms with Crippen LogP contribution in [0.2, 0.25) is 0 Å². The summed E-state index contributed by atoms with van der Waals surface area (Å²) in [5, 5.41) is 10.00. The minimum absolute atomic E-state index is 0.0111. The van der Waals surface area contributed by atoms with E-state index in [1.54, 1.807) is 0 Å². The summed E-state index contributed by atoms with van der Waals surface area (Å²) in [5.41, 5.74) is -0.599. The quantitative estimate of drug-likeness (QED) is 0.603. The lowest BCUT2D eigenvalue weighted by Crippen LogP contribution is -2.64. The average molecular weight is 360 g/mol. The highest BCUT2D eigenvalue weighted by Crippen LogP contribution is 2.71. The Balaban J connectivity index is 1.81. The van der Waals surface area contributed by atoms with Crippen molar-refractivity contribution in [1.29, 1.82) is 0 Å². The molecular formula is C22H32O4. The van der Waals surface area contributed by atoms with E-state index in [1.807, 2.05) is 0 Å². The van der Waals surface area contributed by atoms with Gasteiger partial charge in [-0.25, -0.2) is 0 Å². The number of ketones is 1. The van der Waals surface area contributed by atoms with E-state index < -0.39 is 5.41 Å². The van der Waals surface area contributed by atoms with E-state index in [0.717, 1.165) is 32.1 Å². The number of Topliss-reactive ketones (excluding diaryl/α,β-unsaturated/α-hetero) is 1. The van der Waals surface area contributed by atoms with E-state index >= 15 is 0 Å². The largest absolute Gasteiger partial charge is 0.462 e. The number of aliphatic hydroxyl groups excluding tert-OH is 1. The summed E-state index contributed by atoms with van der Waals surface area (Å²) in [6.45, 7) is 8.11. The minimum atomic E-state index is -0.470. The highest BCUT2D eigenvalue weighted by atomic mass is 16.5. The molecular weight excluding hydrogens is 328 g/mol. The van der Waals surface area contributed by atoms with Crippen molar-refractivity contribution < 1.29 is 19.4 Å². The Labute approximate surface area is 156 Å². The first-order valence-electron chi connectivity index (χ1n) is 10.1. The van der Waals surface area contributed by atoms with E-state index in [0.29, 0.717) is 18.1 Å². The molecule has 0 aromatic carbocycles. The van der Waals surface area contributed by atoms with E-state index in [9.17, 15) is 14.7 Å². The third-order valence-electron chi connectivity index (χ3n) is 8.55. The van der Waals surface area contributed by atoms with Gasteiger partial charge >= 0.3 is 5.97 Å². The van der Waals surface area contributed by atoms with E-state index in [2.05, 4.69) is 32.9 Å². The van der Waals surface area contributed by atoms with Crippen LogP contribution in [-0.2, 0) is 14.3 Å². The highest BCUT2D eigenvalue weighted by molar-refractivity contribution is 5.85. The fourth-order valence-corrected chi connectivity index (χ4v) is 7.66. The number of carbonyl (C=O) groups excluding carboxylic acids is 2. The van der Waals surface area contributed by atoms with Gasteiger partial charge in [0, 0.05) is 30.1 Å². The first kappa shape index (κ1) is 18.2. The van der Waals surface area contributed by atoms with Crippen molar-refractivity contribution in [1.82, 2.24) is 0 Å². The normalized spacial score (nSPS) is 48.7. The molecule has 0 heterocycles. The first-order valence-corrected chi connectivity index (χ1v) is 10.1. The Morgan fingerprint density at radius 1 is 1.27 bits per heavy atom. The van der Waals surface area contributed by atoms with Gasteiger partial charge in [0.05, 0.1) is 6.61 Å². The summed E-state index contributed by atoms with van der Waals surface area (Å²) >= 11 is 0. The molecule has 6 atom stereocenters. The molecule has 3 saturated carbocycles. The maximum Gasteiger partial charge on any atom is 0.302 e. The Bertz CT molecular complexity index is 680. The topological polar surface area (TPSA) is 63.6 Å². The van der Waals surface area contributed by atoms with Crippen molar-refractivity contribution >= 4 is 11.8 Å². The lowest BCUT2D eigenvalue weighted by atomic mass is 9.39. The molecule has 0 unspecified atom stereocenters.